The van der Waals surface area contributed by atoms with E-state index in [9.17, 15) is 4.79 Å². The first-order chi connectivity index (χ1) is 7.91. The molecule has 1 amide bonds. The highest BCUT2D eigenvalue weighted by Gasteiger charge is 2.20. The maximum Gasteiger partial charge on any atom is 0.239 e. The van der Waals surface area contributed by atoms with Crippen LogP contribution in [0.3, 0.4) is 0 Å². The first kappa shape index (κ1) is 17.2. The van der Waals surface area contributed by atoms with Crippen LogP contribution >= 0.6 is 24.0 Å². The molecule has 0 aromatic heterocycles. The second-order valence-electron chi connectivity index (χ2n) is 4.59. The summed E-state index contributed by atoms with van der Waals surface area (Å²) in [6, 6.07) is 7.03. The number of benzene rings is 1. The Morgan fingerprint density at radius 3 is 2.56 bits per heavy atom. The third-order valence-electron chi connectivity index (χ3n) is 2.69. The number of nitrogens with zero attached hydrogens (tertiary/aromatic N) is 1. The molecule has 1 rings (SSSR count). The van der Waals surface area contributed by atoms with Crippen LogP contribution in [0.4, 0.5) is 0 Å². The zero-order valence-electron chi connectivity index (χ0n) is 10.9. The molecule has 0 radical (unpaired) electrons. The van der Waals surface area contributed by atoms with Crippen LogP contribution in [-0.2, 0) is 11.3 Å². The van der Waals surface area contributed by atoms with Crippen molar-refractivity contribution >= 4 is 29.9 Å². The molecule has 102 valence electrons. The fourth-order valence-corrected chi connectivity index (χ4v) is 1.74. The number of carbonyl (C=O) groups excluding carboxylic acids is 1. The zero-order chi connectivity index (χ0) is 13.0. The van der Waals surface area contributed by atoms with Crippen molar-refractivity contribution in [1.82, 2.24) is 4.90 Å². The molecular formula is C13H20Cl2N2O. The molecule has 1 aromatic rings. The number of nitrogens with two attached hydrogens (primary N) is 1. The van der Waals surface area contributed by atoms with Crippen LogP contribution in [-0.4, -0.2) is 23.9 Å². The highest BCUT2D eigenvalue weighted by molar-refractivity contribution is 6.30. The Labute approximate surface area is 120 Å². The molecule has 0 aliphatic heterocycles. The van der Waals surface area contributed by atoms with Gasteiger partial charge in [-0.3, -0.25) is 4.79 Å². The van der Waals surface area contributed by atoms with Crippen molar-refractivity contribution in [1.29, 1.82) is 0 Å². The number of amides is 1. The molecule has 0 spiro atoms. The summed E-state index contributed by atoms with van der Waals surface area (Å²) < 4.78 is 0. The molecule has 0 aliphatic carbocycles. The van der Waals surface area contributed by atoms with Crippen molar-refractivity contribution in [2.45, 2.75) is 26.4 Å². The molecule has 5 heteroatoms. The fraction of sp³-hybridized carbons (Fsp3) is 0.462. The van der Waals surface area contributed by atoms with Gasteiger partial charge in [0.2, 0.25) is 5.91 Å². The van der Waals surface area contributed by atoms with E-state index in [4.69, 9.17) is 17.3 Å². The Morgan fingerprint density at radius 2 is 2.06 bits per heavy atom. The minimum Gasteiger partial charge on any atom is -0.340 e. The van der Waals surface area contributed by atoms with Gasteiger partial charge >= 0.3 is 0 Å². The highest BCUT2D eigenvalue weighted by atomic mass is 35.5. The van der Waals surface area contributed by atoms with Gasteiger partial charge in [-0.15, -0.1) is 12.4 Å². The molecule has 2 N–H and O–H groups in total. The maximum atomic E-state index is 11.9. The normalized spacial score (nSPS) is 11.9. The van der Waals surface area contributed by atoms with Crippen LogP contribution in [0.15, 0.2) is 24.3 Å². The van der Waals surface area contributed by atoms with Gasteiger partial charge in [-0.05, 0) is 23.6 Å². The second kappa shape index (κ2) is 7.62. The number of likely N-dealkylation sites (N-methyl/N-ethyl adjacent to an activating group) is 1. The third-order valence-corrected chi connectivity index (χ3v) is 2.92. The Bertz CT molecular complexity index is 396. The van der Waals surface area contributed by atoms with Crippen LogP contribution in [0.25, 0.3) is 0 Å². The SMILES string of the molecule is CC(C)[C@@H](N)C(=O)N(C)Cc1cccc(Cl)c1.Cl. The summed E-state index contributed by atoms with van der Waals surface area (Å²) >= 11 is 5.89. The molecule has 0 saturated heterocycles. The number of carbonyl (C=O) groups is 1. The van der Waals surface area contributed by atoms with E-state index < -0.39 is 6.04 Å². The van der Waals surface area contributed by atoms with Crippen LogP contribution in [0.5, 0.6) is 0 Å². The Balaban J connectivity index is 0.00000289. The summed E-state index contributed by atoms with van der Waals surface area (Å²) in [5.74, 6) is 0.101. The summed E-state index contributed by atoms with van der Waals surface area (Å²) in [5, 5.41) is 0.677. The van der Waals surface area contributed by atoms with E-state index in [1.807, 2.05) is 38.1 Å². The van der Waals surface area contributed by atoms with Crippen molar-refractivity contribution in [3.63, 3.8) is 0 Å². The van der Waals surface area contributed by atoms with Crippen LogP contribution in [0, 0.1) is 5.92 Å². The zero-order valence-corrected chi connectivity index (χ0v) is 12.5. The number of halogens is 2. The van der Waals surface area contributed by atoms with Crippen molar-refractivity contribution in [2.75, 3.05) is 7.05 Å². The average molecular weight is 291 g/mol. The third kappa shape index (κ3) is 4.84. The standard InChI is InChI=1S/C13H19ClN2O.ClH/c1-9(2)12(15)13(17)16(3)8-10-5-4-6-11(14)7-10;/h4-7,9,12H,8,15H2,1-3H3;1H/t12-;/m1./s1. The van der Waals surface area contributed by atoms with Crippen molar-refractivity contribution in [3.05, 3.63) is 34.9 Å². The Hall–Kier alpha value is -0.770. The first-order valence-electron chi connectivity index (χ1n) is 5.67. The molecule has 0 fully saturated rings. The van der Waals surface area contributed by atoms with Crippen molar-refractivity contribution in [3.8, 4) is 0 Å². The van der Waals surface area contributed by atoms with Gasteiger partial charge in [0.15, 0.2) is 0 Å². The molecule has 0 bridgehead atoms. The lowest BCUT2D eigenvalue weighted by Gasteiger charge is -2.23. The topological polar surface area (TPSA) is 46.3 Å². The van der Waals surface area contributed by atoms with Crippen LogP contribution in [0.2, 0.25) is 5.02 Å². The second-order valence-corrected chi connectivity index (χ2v) is 5.03. The van der Waals surface area contributed by atoms with Gasteiger partial charge in [0.1, 0.15) is 0 Å². The van der Waals surface area contributed by atoms with E-state index in [0.717, 1.165) is 5.56 Å². The molecule has 0 heterocycles. The summed E-state index contributed by atoms with van der Waals surface area (Å²) in [5.41, 5.74) is 6.83. The summed E-state index contributed by atoms with van der Waals surface area (Å²) in [7, 11) is 1.76. The fourth-order valence-electron chi connectivity index (χ4n) is 1.53. The lowest BCUT2D eigenvalue weighted by Crippen LogP contribution is -2.44. The summed E-state index contributed by atoms with van der Waals surface area (Å²) in [6.45, 7) is 4.41. The number of hydrogen-bond acceptors (Lipinski definition) is 2. The molecule has 0 aliphatic rings. The monoisotopic (exact) mass is 290 g/mol. The van der Waals surface area contributed by atoms with Gasteiger partial charge in [0.25, 0.3) is 0 Å². The van der Waals surface area contributed by atoms with Gasteiger partial charge in [-0.1, -0.05) is 37.6 Å². The lowest BCUT2D eigenvalue weighted by molar-refractivity contribution is -0.132. The number of hydrogen-bond donors (Lipinski definition) is 1. The van der Waals surface area contributed by atoms with Crippen molar-refractivity contribution < 1.29 is 4.79 Å². The summed E-state index contributed by atoms with van der Waals surface area (Å²) in [4.78, 5) is 13.6. The molecule has 1 aromatic carbocycles. The first-order valence-corrected chi connectivity index (χ1v) is 6.04. The van der Waals surface area contributed by atoms with Crippen LogP contribution in [0.1, 0.15) is 19.4 Å². The van der Waals surface area contributed by atoms with E-state index in [2.05, 4.69) is 0 Å². The van der Waals surface area contributed by atoms with E-state index >= 15 is 0 Å². The van der Waals surface area contributed by atoms with Gasteiger partial charge < -0.3 is 10.6 Å². The molecule has 1 atom stereocenters. The lowest BCUT2D eigenvalue weighted by atomic mass is 10.0. The predicted octanol–water partition coefficient (Wildman–Crippen LogP) is 2.70. The van der Waals surface area contributed by atoms with E-state index in [1.165, 1.54) is 0 Å². The van der Waals surface area contributed by atoms with E-state index in [-0.39, 0.29) is 24.2 Å². The quantitative estimate of drug-likeness (QED) is 0.927. The van der Waals surface area contributed by atoms with Crippen molar-refractivity contribution in [2.24, 2.45) is 11.7 Å². The van der Waals surface area contributed by atoms with Gasteiger partial charge in [0.05, 0.1) is 6.04 Å². The minimum absolute atomic E-state index is 0. The number of rotatable bonds is 4. The summed E-state index contributed by atoms with van der Waals surface area (Å²) in [6.07, 6.45) is 0. The Morgan fingerprint density at radius 1 is 1.44 bits per heavy atom. The molecule has 0 saturated carbocycles. The smallest absolute Gasteiger partial charge is 0.239 e. The molecule has 18 heavy (non-hydrogen) atoms. The van der Waals surface area contributed by atoms with E-state index in [0.29, 0.717) is 11.6 Å². The van der Waals surface area contributed by atoms with Gasteiger partial charge in [-0.25, -0.2) is 0 Å². The average Bonchev–Trinajstić information content (AvgIpc) is 2.26. The molecular weight excluding hydrogens is 271 g/mol. The molecule has 0 unspecified atom stereocenters. The largest absolute Gasteiger partial charge is 0.340 e. The minimum atomic E-state index is -0.445. The van der Waals surface area contributed by atoms with Gasteiger partial charge in [-0.2, -0.15) is 0 Å². The predicted molar refractivity (Wildman–Crippen MR) is 78.0 cm³/mol. The van der Waals surface area contributed by atoms with Crippen LogP contribution < -0.4 is 5.73 Å². The van der Waals surface area contributed by atoms with Gasteiger partial charge in [0, 0.05) is 18.6 Å². The maximum absolute atomic E-state index is 11.9. The molecule has 3 nitrogen and oxygen atoms in total. The van der Waals surface area contributed by atoms with E-state index in [1.54, 1.807) is 11.9 Å². The highest BCUT2D eigenvalue weighted by Crippen LogP contribution is 2.13. The Kier molecular flexibility index (Phi) is 7.29.